The fourth-order valence-electron chi connectivity index (χ4n) is 3.36. The normalized spacial score (nSPS) is 16.1. The lowest BCUT2D eigenvalue weighted by molar-refractivity contribution is -0.113. The minimum absolute atomic E-state index is 0.100. The predicted octanol–water partition coefficient (Wildman–Crippen LogP) is 3.41. The van der Waals surface area contributed by atoms with Gasteiger partial charge in [0.25, 0.3) is 5.91 Å². The number of hydrogen-bond acceptors (Lipinski definition) is 6. The van der Waals surface area contributed by atoms with Gasteiger partial charge >= 0.3 is 0 Å². The number of carbonyl (C=O) groups excluding carboxylic acids is 2. The number of anilines is 1. The van der Waals surface area contributed by atoms with E-state index in [1.54, 1.807) is 40.1 Å². The van der Waals surface area contributed by atoms with Gasteiger partial charge in [0, 0.05) is 29.9 Å². The summed E-state index contributed by atoms with van der Waals surface area (Å²) < 4.78 is 7.60. The predicted molar refractivity (Wildman–Crippen MR) is 123 cm³/mol. The van der Waals surface area contributed by atoms with E-state index in [4.69, 9.17) is 16.3 Å². The van der Waals surface area contributed by atoms with E-state index >= 15 is 0 Å². The van der Waals surface area contributed by atoms with Crippen LogP contribution in [0.3, 0.4) is 0 Å². The van der Waals surface area contributed by atoms with Gasteiger partial charge in [-0.15, -0.1) is 10.2 Å². The van der Waals surface area contributed by atoms with Crippen LogP contribution in [0, 0.1) is 0 Å². The average molecular weight is 472 g/mol. The molecule has 1 aliphatic rings. The summed E-state index contributed by atoms with van der Waals surface area (Å²) in [6.07, 6.45) is 1.38. The van der Waals surface area contributed by atoms with Gasteiger partial charge in [-0.2, -0.15) is 0 Å². The number of ether oxygens (including phenoxy) is 1. The molecule has 1 unspecified atom stereocenters. The Morgan fingerprint density at radius 1 is 1.25 bits per heavy atom. The zero-order valence-corrected chi connectivity index (χ0v) is 19.0. The van der Waals surface area contributed by atoms with Gasteiger partial charge in [0.05, 0.1) is 18.9 Å². The van der Waals surface area contributed by atoms with Crippen LogP contribution in [-0.4, -0.2) is 56.9 Å². The zero-order valence-electron chi connectivity index (χ0n) is 17.4. The lowest BCUT2D eigenvalue weighted by Gasteiger charge is -2.33. The molecule has 0 spiro atoms. The summed E-state index contributed by atoms with van der Waals surface area (Å²) >= 11 is 7.26. The Labute approximate surface area is 194 Å². The zero-order chi connectivity index (χ0) is 22.5. The number of halogens is 1. The monoisotopic (exact) mass is 471 g/mol. The van der Waals surface area contributed by atoms with E-state index in [9.17, 15) is 9.59 Å². The molecule has 0 aliphatic carbocycles. The van der Waals surface area contributed by atoms with Crippen molar-refractivity contribution in [1.29, 1.82) is 0 Å². The number of carbonyl (C=O) groups is 2. The van der Waals surface area contributed by atoms with Crippen LogP contribution in [-0.2, 0) is 16.6 Å². The number of aromatic nitrogens is 3. The average Bonchev–Trinajstić information content (AvgIpc) is 3.22. The first-order valence-corrected chi connectivity index (χ1v) is 11.4. The first kappa shape index (κ1) is 22.3. The summed E-state index contributed by atoms with van der Waals surface area (Å²) in [7, 11) is 1.82. The Bertz CT molecular complexity index is 1100. The van der Waals surface area contributed by atoms with Gasteiger partial charge in [-0.3, -0.25) is 9.59 Å². The van der Waals surface area contributed by atoms with Crippen molar-refractivity contribution in [3.8, 4) is 0 Å². The number of amides is 2. The van der Waals surface area contributed by atoms with Gasteiger partial charge in [0.1, 0.15) is 12.4 Å². The lowest BCUT2D eigenvalue weighted by Crippen LogP contribution is -2.42. The Hall–Kier alpha value is -2.88. The molecule has 0 saturated carbocycles. The maximum atomic E-state index is 13.1. The number of morpholine rings is 1. The molecule has 1 saturated heterocycles. The molecule has 10 heteroatoms. The number of hydrogen-bond donors (Lipinski definition) is 1. The van der Waals surface area contributed by atoms with E-state index in [1.165, 1.54) is 11.8 Å². The molecule has 166 valence electrons. The fraction of sp³-hybridized carbons (Fsp3) is 0.273. The number of rotatable bonds is 6. The molecular weight excluding hydrogens is 450 g/mol. The molecule has 1 aliphatic heterocycles. The number of nitrogens with one attached hydrogen (secondary N) is 1. The highest BCUT2D eigenvalue weighted by Crippen LogP contribution is 2.25. The number of nitrogens with zero attached hydrogens (tertiary/aromatic N) is 4. The third kappa shape index (κ3) is 5.48. The van der Waals surface area contributed by atoms with Crippen LogP contribution in [0.15, 0.2) is 60.0 Å². The highest BCUT2D eigenvalue weighted by Gasteiger charge is 2.26. The van der Waals surface area contributed by atoms with Crippen LogP contribution < -0.4 is 5.32 Å². The molecule has 0 bridgehead atoms. The van der Waals surface area contributed by atoms with Crippen molar-refractivity contribution in [3.63, 3.8) is 0 Å². The van der Waals surface area contributed by atoms with E-state index in [2.05, 4.69) is 15.5 Å². The highest BCUT2D eigenvalue weighted by atomic mass is 35.5. The second-order valence-electron chi connectivity index (χ2n) is 7.30. The van der Waals surface area contributed by atoms with Crippen LogP contribution in [0.4, 0.5) is 5.69 Å². The van der Waals surface area contributed by atoms with Crippen molar-refractivity contribution >= 4 is 40.9 Å². The van der Waals surface area contributed by atoms with Crippen LogP contribution in [0.5, 0.6) is 0 Å². The molecule has 3 aromatic rings. The van der Waals surface area contributed by atoms with Crippen molar-refractivity contribution in [2.45, 2.75) is 11.3 Å². The third-order valence-electron chi connectivity index (χ3n) is 4.99. The van der Waals surface area contributed by atoms with Crippen molar-refractivity contribution in [1.82, 2.24) is 19.7 Å². The highest BCUT2D eigenvalue weighted by molar-refractivity contribution is 7.99. The van der Waals surface area contributed by atoms with Gasteiger partial charge < -0.3 is 19.5 Å². The van der Waals surface area contributed by atoms with E-state index < -0.39 is 0 Å². The Kier molecular flexibility index (Phi) is 7.09. The van der Waals surface area contributed by atoms with Gasteiger partial charge in [-0.1, -0.05) is 41.6 Å². The van der Waals surface area contributed by atoms with Gasteiger partial charge in [-0.05, 0) is 35.9 Å². The van der Waals surface area contributed by atoms with E-state index in [0.717, 1.165) is 5.56 Å². The van der Waals surface area contributed by atoms with Crippen LogP contribution in [0.1, 0.15) is 22.0 Å². The Balaban J connectivity index is 1.37. The first-order valence-electron chi connectivity index (χ1n) is 10.0. The standard InChI is InChI=1S/C22H22ClN5O3S/c1-27-14-24-26-22(27)32-13-20(29)25-18-4-2-3-16(11-18)21(30)28-9-10-31-19(12-28)15-5-7-17(23)8-6-15/h2-8,11,14,19H,9-10,12-13H2,1H3,(H,25,29). The smallest absolute Gasteiger partial charge is 0.254 e. The summed E-state index contributed by atoms with van der Waals surface area (Å²) in [5.74, 6) is -0.0923. The molecule has 1 atom stereocenters. The molecule has 2 amide bonds. The second-order valence-corrected chi connectivity index (χ2v) is 8.68. The van der Waals surface area contributed by atoms with Gasteiger partial charge in [0.15, 0.2) is 5.16 Å². The number of benzene rings is 2. The maximum absolute atomic E-state index is 13.1. The van der Waals surface area contributed by atoms with E-state index in [0.29, 0.717) is 41.1 Å². The van der Waals surface area contributed by atoms with Crippen molar-refractivity contribution in [3.05, 3.63) is 71.0 Å². The maximum Gasteiger partial charge on any atom is 0.254 e. The minimum atomic E-state index is -0.203. The molecule has 2 aromatic carbocycles. The van der Waals surface area contributed by atoms with E-state index in [1.807, 2.05) is 31.3 Å². The van der Waals surface area contributed by atoms with Crippen LogP contribution in [0.25, 0.3) is 0 Å². The Morgan fingerprint density at radius 2 is 2.06 bits per heavy atom. The number of aryl methyl sites for hydroxylation is 1. The minimum Gasteiger partial charge on any atom is -0.370 e. The molecule has 1 fully saturated rings. The summed E-state index contributed by atoms with van der Waals surface area (Å²) in [5.41, 5.74) is 2.07. The molecule has 0 radical (unpaired) electrons. The first-order chi connectivity index (χ1) is 15.5. The van der Waals surface area contributed by atoms with Gasteiger partial charge in [0.2, 0.25) is 5.91 Å². The Morgan fingerprint density at radius 3 is 2.81 bits per heavy atom. The summed E-state index contributed by atoms with van der Waals surface area (Å²) in [6.45, 7) is 1.41. The molecule has 8 nitrogen and oxygen atoms in total. The summed E-state index contributed by atoms with van der Waals surface area (Å²) in [6, 6.07) is 14.4. The van der Waals surface area contributed by atoms with Crippen LogP contribution in [0.2, 0.25) is 5.02 Å². The largest absolute Gasteiger partial charge is 0.370 e. The third-order valence-corrected chi connectivity index (χ3v) is 6.28. The molecule has 32 heavy (non-hydrogen) atoms. The van der Waals surface area contributed by atoms with E-state index in [-0.39, 0.29) is 23.7 Å². The second kappa shape index (κ2) is 10.2. The fourth-order valence-corrected chi connectivity index (χ4v) is 4.17. The molecule has 4 rings (SSSR count). The molecule has 1 N–H and O–H groups in total. The quantitative estimate of drug-likeness (QED) is 0.554. The van der Waals surface area contributed by atoms with Crippen LogP contribution >= 0.6 is 23.4 Å². The van der Waals surface area contributed by atoms with Crippen molar-refractivity contribution in [2.75, 3.05) is 30.8 Å². The molecule has 1 aromatic heterocycles. The lowest BCUT2D eigenvalue weighted by atomic mass is 10.1. The molecular formula is C22H22ClN5O3S. The summed E-state index contributed by atoms with van der Waals surface area (Å²) in [5, 5.41) is 11.9. The SMILES string of the molecule is Cn1cnnc1SCC(=O)Nc1cccc(C(=O)N2CCOC(c3ccc(Cl)cc3)C2)c1. The van der Waals surface area contributed by atoms with Crippen molar-refractivity contribution in [2.24, 2.45) is 7.05 Å². The number of thioether (sulfide) groups is 1. The van der Waals surface area contributed by atoms with Gasteiger partial charge in [-0.25, -0.2) is 0 Å². The summed E-state index contributed by atoms with van der Waals surface area (Å²) in [4.78, 5) is 27.2. The van der Waals surface area contributed by atoms with Crippen molar-refractivity contribution < 1.29 is 14.3 Å². The molecule has 2 heterocycles. The topological polar surface area (TPSA) is 89.3 Å².